The number of alkyl halides is 3. The molecule has 0 radical (unpaired) electrons. The van der Waals surface area contributed by atoms with Gasteiger partial charge < -0.3 is 5.32 Å². The highest BCUT2D eigenvalue weighted by molar-refractivity contribution is 8.01. The van der Waals surface area contributed by atoms with Gasteiger partial charge in [0.2, 0.25) is 5.91 Å². The Labute approximate surface area is 156 Å². The van der Waals surface area contributed by atoms with Gasteiger partial charge in [-0.15, -0.1) is 11.3 Å². The monoisotopic (exact) mass is 396 g/mol. The Kier molecular flexibility index (Phi) is 5.52. The van der Waals surface area contributed by atoms with Crippen LogP contribution in [0, 0.1) is 0 Å². The molecule has 0 aliphatic carbocycles. The minimum atomic E-state index is -4.39. The molecule has 0 saturated carbocycles. The molecule has 3 rings (SSSR count). The Balaban J connectivity index is 1.66. The van der Waals surface area contributed by atoms with Crippen LogP contribution in [0.3, 0.4) is 0 Å². The number of thiazole rings is 1. The quantitative estimate of drug-likeness (QED) is 0.570. The Bertz CT molecular complexity index is 938. The van der Waals surface area contributed by atoms with Gasteiger partial charge >= 0.3 is 6.18 Å². The maximum Gasteiger partial charge on any atom is 0.416 e. The van der Waals surface area contributed by atoms with Crippen LogP contribution >= 0.6 is 23.1 Å². The van der Waals surface area contributed by atoms with Crippen molar-refractivity contribution in [3.63, 3.8) is 0 Å². The Morgan fingerprint density at radius 2 is 2.00 bits per heavy atom. The number of nitrogens with one attached hydrogen (secondary N) is 1. The van der Waals surface area contributed by atoms with Crippen LogP contribution in [0.1, 0.15) is 18.1 Å². The summed E-state index contributed by atoms with van der Waals surface area (Å²) < 4.78 is 39.5. The Morgan fingerprint density at radius 1 is 1.23 bits per heavy atom. The van der Waals surface area contributed by atoms with Crippen LogP contribution in [0.2, 0.25) is 0 Å². The number of rotatable bonds is 5. The first kappa shape index (κ1) is 18.7. The number of hydrogen-bond acceptors (Lipinski definition) is 4. The molecule has 0 aliphatic rings. The minimum Gasteiger partial charge on any atom is -0.325 e. The molecule has 0 aliphatic heterocycles. The summed E-state index contributed by atoms with van der Waals surface area (Å²) in [6, 6.07) is 11.1. The predicted molar refractivity (Wildman–Crippen MR) is 99.8 cm³/mol. The van der Waals surface area contributed by atoms with Crippen LogP contribution in [0.4, 0.5) is 18.9 Å². The molecule has 8 heteroatoms. The van der Waals surface area contributed by atoms with Gasteiger partial charge in [0, 0.05) is 5.69 Å². The number of para-hydroxylation sites is 1. The van der Waals surface area contributed by atoms with Crippen LogP contribution in [0.15, 0.2) is 46.8 Å². The Hall–Kier alpha value is -2.06. The van der Waals surface area contributed by atoms with E-state index in [0.717, 1.165) is 29.8 Å². The molecule has 1 heterocycles. The summed E-state index contributed by atoms with van der Waals surface area (Å²) in [7, 11) is 0. The lowest BCUT2D eigenvalue weighted by Gasteiger charge is -2.08. The summed E-state index contributed by atoms with van der Waals surface area (Å²) in [5.41, 5.74) is 1.40. The summed E-state index contributed by atoms with van der Waals surface area (Å²) in [5, 5.41) is 2.86. The van der Waals surface area contributed by atoms with Crippen molar-refractivity contribution >= 4 is 44.9 Å². The zero-order valence-corrected chi connectivity index (χ0v) is 15.4. The van der Waals surface area contributed by atoms with E-state index in [1.165, 1.54) is 29.2 Å². The Morgan fingerprint density at radius 3 is 2.73 bits per heavy atom. The number of anilines is 1. The van der Waals surface area contributed by atoms with Crippen LogP contribution in [-0.2, 0) is 17.4 Å². The molecule has 0 fully saturated rings. The third-order valence-electron chi connectivity index (χ3n) is 3.69. The molecule has 3 nitrogen and oxygen atoms in total. The van der Waals surface area contributed by atoms with Crippen molar-refractivity contribution in [1.29, 1.82) is 0 Å². The number of fused-ring (bicyclic) bond motifs is 1. The van der Waals surface area contributed by atoms with Crippen molar-refractivity contribution in [2.45, 2.75) is 23.9 Å². The maximum absolute atomic E-state index is 12.8. The number of aromatic nitrogens is 1. The van der Waals surface area contributed by atoms with Gasteiger partial charge in [-0.05, 0) is 36.2 Å². The van der Waals surface area contributed by atoms with E-state index in [1.54, 1.807) is 0 Å². The largest absolute Gasteiger partial charge is 0.416 e. The number of halogens is 3. The van der Waals surface area contributed by atoms with Gasteiger partial charge in [0.1, 0.15) is 0 Å². The highest BCUT2D eigenvalue weighted by Crippen LogP contribution is 2.35. The highest BCUT2D eigenvalue weighted by atomic mass is 32.2. The van der Waals surface area contributed by atoms with E-state index in [4.69, 9.17) is 0 Å². The first-order chi connectivity index (χ1) is 12.4. The first-order valence-corrected chi connectivity index (χ1v) is 9.65. The van der Waals surface area contributed by atoms with Gasteiger partial charge in [0.15, 0.2) is 4.34 Å². The second-order valence-corrected chi connectivity index (χ2v) is 7.76. The van der Waals surface area contributed by atoms with Gasteiger partial charge in [0.05, 0.1) is 21.5 Å². The number of thioether (sulfide) groups is 1. The topological polar surface area (TPSA) is 42.0 Å². The second kappa shape index (κ2) is 7.67. The van der Waals surface area contributed by atoms with Crippen LogP contribution in [-0.4, -0.2) is 16.6 Å². The lowest BCUT2D eigenvalue weighted by molar-refractivity contribution is -0.137. The molecular weight excluding hydrogens is 381 g/mol. The van der Waals surface area contributed by atoms with E-state index in [0.29, 0.717) is 14.6 Å². The zero-order chi connectivity index (χ0) is 18.7. The molecule has 136 valence electrons. The predicted octanol–water partition coefficient (Wildman–Crippen LogP) is 5.61. The van der Waals surface area contributed by atoms with Crippen LogP contribution in [0.25, 0.3) is 10.2 Å². The minimum absolute atomic E-state index is 0.143. The lowest BCUT2D eigenvalue weighted by atomic mass is 10.1. The molecule has 0 saturated heterocycles. The van der Waals surface area contributed by atoms with Gasteiger partial charge in [0.25, 0.3) is 0 Å². The van der Waals surface area contributed by atoms with Crippen molar-refractivity contribution < 1.29 is 18.0 Å². The maximum atomic E-state index is 12.8. The molecular formula is C18H15F3N2OS2. The second-order valence-electron chi connectivity index (χ2n) is 5.51. The van der Waals surface area contributed by atoms with E-state index in [9.17, 15) is 18.0 Å². The number of carbonyl (C=O) groups excluding carboxylic acids is 1. The fraction of sp³-hybridized carbons (Fsp3) is 0.222. The average molecular weight is 396 g/mol. The standard InChI is InChI=1S/C18H15F3N2OS2/c1-2-11-5-3-4-6-13(11)22-16(24)10-25-17-23-14-9-12(18(19,20)21)7-8-15(14)26-17/h3-9H,2,10H2,1H3,(H,22,24). The SMILES string of the molecule is CCc1ccccc1NC(=O)CSc1nc2cc(C(F)(F)F)ccc2s1. The van der Waals surface area contributed by atoms with Gasteiger partial charge in [-0.1, -0.05) is 36.9 Å². The van der Waals surface area contributed by atoms with E-state index in [-0.39, 0.29) is 11.7 Å². The van der Waals surface area contributed by atoms with Gasteiger partial charge in [-0.25, -0.2) is 4.98 Å². The van der Waals surface area contributed by atoms with Crippen molar-refractivity contribution in [3.8, 4) is 0 Å². The van der Waals surface area contributed by atoms with Crippen molar-refractivity contribution in [1.82, 2.24) is 4.98 Å². The van der Waals surface area contributed by atoms with E-state index < -0.39 is 11.7 Å². The molecule has 0 bridgehead atoms. The third kappa shape index (κ3) is 4.37. The molecule has 1 amide bonds. The fourth-order valence-electron chi connectivity index (χ4n) is 2.41. The normalized spacial score (nSPS) is 11.7. The summed E-state index contributed by atoms with van der Waals surface area (Å²) >= 11 is 2.49. The molecule has 0 spiro atoms. The van der Waals surface area contributed by atoms with E-state index >= 15 is 0 Å². The van der Waals surface area contributed by atoms with E-state index in [1.807, 2.05) is 31.2 Å². The number of aryl methyl sites for hydroxylation is 1. The smallest absolute Gasteiger partial charge is 0.325 e. The van der Waals surface area contributed by atoms with Crippen molar-refractivity contribution in [3.05, 3.63) is 53.6 Å². The van der Waals surface area contributed by atoms with E-state index in [2.05, 4.69) is 10.3 Å². The third-order valence-corrected chi connectivity index (χ3v) is 5.87. The first-order valence-electron chi connectivity index (χ1n) is 7.85. The number of carbonyl (C=O) groups is 1. The van der Waals surface area contributed by atoms with Gasteiger partial charge in [-0.3, -0.25) is 4.79 Å². The van der Waals surface area contributed by atoms with Crippen LogP contribution < -0.4 is 5.32 Å². The van der Waals surface area contributed by atoms with Gasteiger partial charge in [-0.2, -0.15) is 13.2 Å². The molecule has 2 aromatic carbocycles. The zero-order valence-electron chi connectivity index (χ0n) is 13.8. The average Bonchev–Trinajstić information content (AvgIpc) is 3.02. The summed E-state index contributed by atoms with van der Waals surface area (Å²) in [6.07, 6.45) is -3.58. The summed E-state index contributed by atoms with van der Waals surface area (Å²) in [5.74, 6) is -0.0320. The van der Waals surface area contributed by atoms with Crippen molar-refractivity contribution in [2.75, 3.05) is 11.1 Å². The molecule has 3 aromatic rings. The number of amides is 1. The highest BCUT2D eigenvalue weighted by Gasteiger charge is 2.30. The molecule has 1 N–H and O–H groups in total. The van der Waals surface area contributed by atoms with Crippen molar-refractivity contribution in [2.24, 2.45) is 0 Å². The molecule has 0 unspecified atom stereocenters. The lowest BCUT2D eigenvalue weighted by Crippen LogP contribution is -2.15. The molecule has 1 aromatic heterocycles. The number of nitrogens with zero attached hydrogens (tertiary/aromatic N) is 1. The summed E-state index contributed by atoms with van der Waals surface area (Å²) in [4.78, 5) is 16.4. The fourth-order valence-corrected chi connectivity index (χ4v) is 4.26. The van der Waals surface area contributed by atoms with Crippen LogP contribution in [0.5, 0.6) is 0 Å². The molecule has 26 heavy (non-hydrogen) atoms. The number of hydrogen-bond donors (Lipinski definition) is 1. The molecule has 0 atom stereocenters. The summed E-state index contributed by atoms with van der Waals surface area (Å²) in [6.45, 7) is 2.01. The number of benzene rings is 2.